The van der Waals surface area contributed by atoms with Crippen LogP contribution in [0.3, 0.4) is 0 Å². The van der Waals surface area contributed by atoms with E-state index in [4.69, 9.17) is 0 Å². The van der Waals surface area contributed by atoms with Crippen molar-refractivity contribution >= 4 is 8.07 Å². The molecule has 0 N–H and O–H groups in total. The molecule has 0 atom stereocenters. The highest BCUT2D eigenvalue weighted by Crippen LogP contribution is 2.40. The summed E-state index contributed by atoms with van der Waals surface area (Å²) < 4.78 is 0. The van der Waals surface area contributed by atoms with Crippen LogP contribution < -0.4 is 0 Å². The van der Waals surface area contributed by atoms with Crippen LogP contribution in [0.25, 0.3) is 0 Å². The summed E-state index contributed by atoms with van der Waals surface area (Å²) >= 11 is 0. The van der Waals surface area contributed by atoms with Crippen molar-refractivity contribution in [3.8, 4) is 0 Å². The van der Waals surface area contributed by atoms with Crippen LogP contribution in [0.1, 0.15) is 13.8 Å². The Hall–Kier alpha value is -0.303. The van der Waals surface area contributed by atoms with Gasteiger partial charge in [-0.1, -0.05) is 39.1 Å². The fourth-order valence-electron chi connectivity index (χ4n) is 0.900. The van der Waals surface area contributed by atoms with E-state index < -0.39 is 8.07 Å². The van der Waals surface area contributed by atoms with Gasteiger partial charge in [0.15, 0.2) is 0 Å². The quantitative estimate of drug-likeness (QED) is 0.442. The normalized spacial score (nSPS) is 12.7. The van der Waals surface area contributed by atoms with Gasteiger partial charge in [0.1, 0.15) is 0 Å². The second-order valence-corrected chi connectivity index (χ2v) is 9.77. The minimum Gasteiger partial charge on any atom is -0.103 e. The van der Waals surface area contributed by atoms with Crippen LogP contribution in [0.2, 0.25) is 24.2 Å². The highest BCUT2D eigenvalue weighted by atomic mass is 28.3. The zero-order valence-electron chi connectivity index (χ0n) is 8.28. The smallest absolute Gasteiger partial charge is 0.0609 e. The van der Waals surface area contributed by atoms with Crippen molar-refractivity contribution in [3.63, 3.8) is 0 Å². The van der Waals surface area contributed by atoms with Crippen LogP contribution in [0, 0.1) is 0 Å². The third kappa shape index (κ3) is 2.33. The lowest BCUT2D eigenvalue weighted by atomic mass is 10.2. The standard InChI is InChI=1S/C10H20Si/c1-7-9-11(5,6)10(3,4)8-2/h7-8H,1-2,9H2,3-6H3. The Morgan fingerprint density at radius 3 is 2.00 bits per heavy atom. The van der Waals surface area contributed by atoms with Crippen molar-refractivity contribution in [2.24, 2.45) is 0 Å². The molecule has 0 fully saturated rings. The summed E-state index contributed by atoms with van der Waals surface area (Å²) in [4.78, 5) is 0. The molecule has 11 heavy (non-hydrogen) atoms. The molecule has 0 nitrogen and oxygen atoms in total. The molecule has 0 spiro atoms. The van der Waals surface area contributed by atoms with E-state index in [9.17, 15) is 0 Å². The molecule has 0 heterocycles. The van der Waals surface area contributed by atoms with E-state index in [1.54, 1.807) is 0 Å². The van der Waals surface area contributed by atoms with Crippen LogP contribution in [-0.4, -0.2) is 8.07 Å². The summed E-state index contributed by atoms with van der Waals surface area (Å²) in [6, 6.07) is 1.17. The third-order valence-corrected chi connectivity index (χ3v) is 7.91. The van der Waals surface area contributed by atoms with Crippen molar-refractivity contribution in [2.45, 2.75) is 38.0 Å². The van der Waals surface area contributed by atoms with Gasteiger partial charge in [-0.2, -0.15) is 0 Å². The summed E-state index contributed by atoms with van der Waals surface area (Å²) in [6.07, 6.45) is 4.13. The van der Waals surface area contributed by atoms with Crippen molar-refractivity contribution < 1.29 is 0 Å². The van der Waals surface area contributed by atoms with Crippen molar-refractivity contribution in [3.05, 3.63) is 25.3 Å². The Morgan fingerprint density at radius 2 is 1.73 bits per heavy atom. The van der Waals surface area contributed by atoms with Crippen molar-refractivity contribution in [1.29, 1.82) is 0 Å². The first kappa shape index (κ1) is 10.7. The molecule has 0 aromatic carbocycles. The SMILES string of the molecule is C=CC[Si](C)(C)C(C)(C)C=C. The van der Waals surface area contributed by atoms with Gasteiger partial charge in [-0.05, 0) is 11.1 Å². The number of hydrogen-bond donors (Lipinski definition) is 0. The van der Waals surface area contributed by atoms with Crippen LogP contribution in [0.4, 0.5) is 0 Å². The van der Waals surface area contributed by atoms with Crippen molar-refractivity contribution in [1.82, 2.24) is 0 Å². The Balaban J connectivity index is 4.50. The Bertz CT molecular complexity index is 154. The van der Waals surface area contributed by atoms with Gasteiger partial charge in [-0.3, -0.25) is 0 Å². The molecule has 0 saturated heterocycles. The zero-order valence-corrected chi connectivity index (χ0v) is 9.28. The molecule has 64 valence electrons. The first-order chi connectivity index (χ1) is 4.87. The number of rotatable bonds is 4. The molecule has 0 aliphatic carbocycles. The predicted octanol–water partition coefficient (Wildman–Crippen LogP) is 3.85. The van der Waals surface area contributed by atoms with E-state index in [1.165, 1.54) is 6.04 Å². The summed E-state index contributed by atoms with van der Waals surface area (Å²) in [5.41, 5.74) is 0. The average Bonchev–Trinajstić information content (AvgIpc) is 1.87. The van der Waals surface area contributed by atoms with Crippen LogP contribution in [0.15, 0.2) is 25.3 Å². The molecule has 0 amide bonds. The van der Waals surface area contributed by atoms with E-state index in [2.05, 4.69) is 46.2 Å². The predicted molar refractivity (Wildman–Crippen MR) is 56.7 cm³/mol. The van der Waals surface area contributed by atoms with Crippen LogP contribution in [-0.2, 0) is 0 Å². The number of allylic oxidation sites excluding steroid dienone is 2. The van der Waals surface area contributed by atoms with E-state index in [0.717, 1.165) is 0 Å². The van der Waals surface area contributed by atoms with Crippen LogP contribution >= 0.6 is 0 Å². The highest BCUT2D eigenvalue weighted by molar-refractivity contribution is 6.81. The molecule has 1 heteroatoms. The Labute approximate surface area is 72.0 Å². The molecule has 0 saturated carbocycles. The molecule has 0 bridgehead atoms. The monoisotopic (exact) mass is 168 g/mol. The van der Waals surface area contributed by atoms with E-state index in [1.807, 2.05) is 6.08 Å². The minimum absolute atomic E-state index is 0.321. The molecule has 0 radical (unpaired) electrons. The molecule has 0 aliphatic rings. The van der Waals surface area contributed by atoms with E-state index in [0.29, 0.717) is 5.04 Å². The number of hydrogen-bond acceptors (Lipinski definition) is 0. The zero-order chi connectivity index (χ0) is 9.12. The lowest BCUT2D eigenvalue weighted by Crippen LogP contribution is -2.36. The Morgan fingerprint density at radius 1 is 1.27 bits per heavy atom. The van der Waals surface area contributed by atoms with Gasteiger partial charge in [0.05, 0.1) is 8.07 Å². The van der Waals surface area contributed by atoms with Gasteiger partial charge in [0.25, 0.3) is 0 Å². The third-order valence-electron chi connectivity index (χ3n) is 2.91. The lowest BCUT2D eigenvalue weighted by molar-refractivity contribution is 0.808. The second-order valence-electron chi connectivity index (χ2n) is 4.30. The van der Waals surface area contributed by atoms with Gasteiger partial charge >= 0.3 is 0 Å². The molecule has 0 aliphatic heterocycles. The fraction of sp³-hybridized carbons (Fsp3) is 0.600. The summed E-state index contributed by atoms with van der Waals surface area (Å²) in [6.45, 7) is 17.0. The second kappa shape index (κ2) is 3.40. The minimum atomic E-state index is -1.17. The largest absolute Gasteiger partial charge is 0.103 e. The van der Waals surface area contributed by atoms with Gasteiger partial charge in [-0.15, -0.1) is 13.2 Å². The first-order valence-corrected chi connectivity index (χ1v) is 7.32. The van der Waals surface area contributed by atoms with Gasteiger partial charge in [-0.25, -0.2) is 0 Å². The highest BCUT2D eigenvalue weighted by Gasteiger charge is 2.34. The van der Waals surface area contributed by atoms with E-state index >= 15 is 0 Å². The summed E-state index contributed by atoms with van der Waals surface area (Å²) in [7, 11) is -1.17. The van der Waals surface area contributed by atoms with Crippen molar-refractivity contribution in [2.75, 3.05) is 0 Å². The maximum Gasteiger partial charge on any atom is 0.0609 e. The maximum atomic E-state index is 3.88. The molecule has 0 rings (SSSR count). The van der Waals surface area contributed by atoms with E-state index in [-0.39, 0.29) is 0 Å². The average molecular weight is 168 g/mol. The lowest BCUT2D eigenvalue weighted by Gasteiger charge is -2.36. The first-order valence-electron chi connectivity index (χ1n) is 4.12. The molecule has 0 aromatic rings. The molecule has 0 unspecified atom stereocenters. The molecule has 0 aromatic heterocycles. The molecular formula is C10H20Si. The maximum absolute atomic E-state index is 3.88. The summed E-state index contributed by atoms with van der Waals surface area (Å²) in [5.74, 6) is 0. The summed E-state index contributed by atoms with van der Waals surface area (Å²) in [5, 5.41) is 0.321. The topological polar surface area (TPSA) is 0 Å². The fourth-order valence-corrected chi connectivity index (χ4v) is 2.70. The van der Waals surface area contributed by atoms with Gasteiger partial charge in [0, 0.05) is 0 Å². The van der Waals surface area contributed by atoms with Gasteiger partial charge in [0.2, 0.25) is 0 Å². The molecular weight excluding hydrogens is 148 g/mol. The Kier molecular flexibility index (Phi) is 3.30. The van der Waals surface area contributed by atoms with Gasteiger partial charge < -0.3 is 0 Å². The van der Waals surface area contributed by atoms with Crippen LogP contribution in [0.5, 0.6) is 0 Å².